The van der Waals surface area contributed by atoms with Gasteiger partial charge in [-0.05, 0) is 41.3 Å². The van der Waals surface area contributed by atoms with E-state index in [9.17, 15) is 27.9 Å². The minimum absolute atomic E-state index is 0.0245. The van der Waals surface area contributed by atoms with Gasteiger partial charge in [-0.1, -0.05) is 29.8 Å². The fourth-order valence-corrected chi connectivity index (χ4v) is 5.70. The van der Waals surface area contributed by atoms with Crippen molar-refractivity contribution < 1.29 is 27.9 Å². The maximum Gasteiger partial charge on any atom is 0.346 e. The van der Waals surface area contributed by atoms with Crippen LogP contribution in [0.2, 0.25) is 5.02 Å². The molecule has 1 aromatic heterocycles. The highest BCUT2D eigenvalue weighted by atomic mass is 35.5. The number of fused-ring (bicyclic) bond motifs is 1. The van der Waals surface area contributed by atoms with Crippen LogP contribution in [-0.4, -0.2) is 38.4 Å². The summed E-state index contributed by atoms with van der Waals surface area (Å²) < 4.78 is 27.4. The standard InChI is InChI=1S/C21H15ClN2O6S2/c1-23(13-5-3-2-4-6-13)32(29,30)14-7-8-15(22)16(10-14)24-17(25)9-12-11-31-19(21(27)28)18(12)20(24)26/h2-8,10-11H,9H2,1H3,(H,27,28). The number of amides is 2. The topological polar surface area (TPSA) is 112 Å². The van der Waals surface area contributed by atoms with Crippen molar-refractivity contribution in [3.05, 3.63) is 74.9 Å². The lowest BCUT2D eigenvalue weighted by atomic mass is 10.0. The fourth-order valence-electron chi connectivity index (χ4n) is 3.39. The highest BCUT2D eigenvalue weighted by Crippen LogP contribution is 2.36. The number of hydrogen-bond donors (Lipinski definition) is 1. The van der Waals surface area contributed by atoms with Crippen molar-refractivity contribution in [1.29, 1.82) is 0 Å². The normalized spacial score (nSPS) is 13.8. The SMILES string of the molecule is CN(c1ccccc1)S(=O)(=O)c1ccc(Cl)c(N2C(=O)Cc3csc(C(=O)O)c3C2=O)c1. The number of sulfonamides is 1. The number of imide groups is 1. The Bertz CT molecular complexity index is 1370. The fraction of sp³-hybridized carbons (Fsp3) is 0.0952. The molecule has 11 heteroatoms. The second-order valence-corrected chi connectivity index (χ2v) is 10.2. The van der Waals surface area contributed by atoms with E-state index in [0.717, 1.165) is 26.6 Å². The van der Waals surface area contributed by atoms with Crippen molar-refractivity contribution >= 4 is 62.1 Å². The Balaban J connectivity index is 1.79. The number of carbonyl (C=O) groups is 3. The predicted octanol–water partition coefficient (Wildman–Crippen LogP) is 3.65. The highest BCUT2D eigenvalue weighted by Gasteiger charge is 2.38. The second-order valence-electron chi connectivity index (χ2n) is 6.90. The predicted molar refractivity (Wildman–Crippen MR) is 120 cm³/mol. The van der Waals surface area contributed by atoms with Crippen LogP contribution < -0.4 is 9.21 Å². The molecule has 2 aromatic carbocycles. The molecule has 0 spiro atoms. The minimum Gasteiger partial charge on any atom is -0.477 e. The molecule has 3 aromatic rings. The van der Waals surface area contributed by atoms with Crippen LogP contribution in [0.4, 0.5) is 11.4 Å². The largest absolute Gasteiger partial charge is 0.477 e. The van der Waals surface area contributed by atoms with Crippen LogP contribution in [0, 0.1) is 0 Å². The smallest absolute Gasteiger partial charge is 0.346 e. The summed E-state index contributed by atoms with van der Waals surface area (Å²) in [5.74, 6) is -2.78. The van der Waals surface area contributed by atoms with Gasteiger partial charge in [0.15, 0.2) is 0 Å². The van der Waals surface area contributed by atoms with Gasteiger partial charge in [-0.25, -0.2) is 18.1 Å². The lowest BCUT2D eigenvalue weighted by Gasteiger charge is -2.27. The number of carbonyl (C=O) groups excluding carboxylic acids is 2. The molecule has 164 valence electrons. The molecule has 0 saturated heterocycles. The number of benzene rings is 2. The maximum atomic E-state index is 13.2. The molecule has 0 radical (unpaired) electrons. The van der Waals surface area contributed by atoms with Crippen LogP contribution in [0.15, 0.2) is 58.8 Å². The van der Waals surface area contributed by atoms with Gasteiger partial charge in [-0.3, -0.25) is 13.9 Å². The number of carboxylic acid groups (broad SMARTS) is 1. The van der Waals surface area contributed by atoms with Crippen molar-refractivity contribution in [2.24, 2.45) is 0 Å². The van der Waals surface area contributed by atoms with E-state index in [1.54, 1.807) is 30.3 Å². The van der Waals surface area contributed by atoms with Crippen molar-refractivity contribution in [3.63, 3.8) is 0 Å². The molecule has 0 unspecified atom stereocenters. The van der Waals surface area contributed by atoms with Gasteiger partial charge in [0.25, 0.3) is 15.9 Å². The van der Waals surface area contributed by atoms with Gasteiger partial charge in [0.1, 0.15) is 4.88 Å². The van der Waals surface area contributed by atoms with E-state index < -0.39 is 27.8 Å². The Kier molecular flexibility index (Phi) is 5.53. The number of aromatic carboxylic acids is 1. The Morgan fingerprint density at radius 3 is 2.50 bits per heavy atom. The zero-order chi connectivity index (χ0) is 23.2. The Labute approximate surface area is 192 Å². The van der Waals surface area contributed by atoms with E-state index in [-0.39, 0.29) is 32.5 Å². The summed E-state index contributed by atoms with van der Waals surface area (Å²) in [5.41, 5.74) is 0.524. The molecular formula is C21H15ClN2O6S2. The van der Waals surface area contributed by atoms with Crippen molar-refractivity contribution in [2.75, 3.05) is 16.3 Å². The summed E-state index contributed by atoms with van der Waals surface area (Å²) in [5, 5.41) is 10.8. The maximum absolute atomic E-state index is 13.2. The number of para-hydroxylation sites is 1. The third-order valence-electron chi connectivity index (χ3n) is 5.01. The van der Waals surface area contributed by atoms with Crippen LogP contribution >= 0.6 is 22.9 Å². The van der Waals surface area contributed by atoms with Crippen molar-refractivity contribution in [3.8, 4) is 0 Å². The third-order valence-corrected chi connectivity index (χ3v) is 8.12. The summed E-state index contributed by atoms with van der Waals surface area (Å²) >= 11 is 7.10. The van der Waals surface area contributed by atoms with Gasteiger partial charge in [0, 0.05) is 7.05 Å². The first-order chi connectivity index (χ1) is 15.1. The number of rotatable bonds is 5. The van der Waals surface area contributed by atoms with E-state index in [2.05, 4.69) is 0 Å². The first-order valence-corrected chi connectivity index (χ1v) is 11.9. The molecule has 2 amide bonds. The molecule has 1 N–H and O–H groups in total. The Morgan fingerprint density at radius 1 is 1.16 bits per heavy atom. The third kappa shape index (κ3) is 3.56. The lowest BCUT2D eigenvalue weighted by molar-refractivity contribution is -0.117. The summed E-state index contributed by atoms with van der Waals surface area (Å²) in [6, 6.07) is 12.1. The zero-order valence-electron chi connectivity index (χ0n) is 16.5. The van der Waals surface area contributed by atoms with Crippen LogP contribution in [0.1, 0.15) is 25.6 Å². The molecule has 8 nitrogen and oxygen atoms in total. The molecule has 4 rings (SSSR count). The molecular weight excluding hydrogens is 476 g/mol. The van der Waals surface area contributed by atoms with E-state index >= 15 is 0 Å². The van der Waals surface area contributed by atoms with E-state index in [0.29, 0.717) is 11.3 Å². The molecule has 0 saturated carbocycles. The average molecular weight is 491 g/mol. The Morgan fingerprint density at radius 2 is 1.84 bits per heavy atom. The number of carboxylic acids is 1. The molecule has 0 atom stereocenters. The minimum atomic E-state index is -4.04. The molecule has 1 aliphatic rings. The van der Waals surface area contributed by atoms with Crippen molar-refractivity contribution in [1.82, 2.24) is 0 Å². The van der Waals surface area contributed by atoms with E-state index in [4.69, 9.17) is 11.6 Å². The summed E-state index contributed by atoms with van der Waals surface area (Å²) in [6.45, 7) is 0. The first kappa shape index (κ1) is 22.0. The summed E-state index contributed by atoms with van der Waals surface area (Å²) in [7, 11) is -2.66. The van der Waals surface area contributed by atoms with Gasteiger partial charge in [0.2, 0.25) is 5.91 Å². The summed E-state index contributed by atoms with van der Waals surface area (Å²) in [4.78, 5) is 37.8. The number of halogens is 1. The summed E-state index contributed by atoms with van der Waals surface area (Å²) in [6.07, 6.45) is -0.206. The van der Waals surface area contributed by atoms with E-state index in [1.807, 2.05) is 0 Å². The highest BCUT2D eigenvalue weighted by molar-refractivity contribution is 7.92. The van der Waals surface area contributed by atoms with Gasteiger partial charge in [-0.15, -0.1) is 11.3 Å². The number of nitrogens with zero attached hydrogens (tertiary/aromatic N) is 2. The Hall–Kier alpha value is -3.21. The van der Waals surface area contributed by atoms with Gasteiger partial charge >= 0.3 is 5.97 Å². The second kappa shape index (κ2) is 8.05. The zero-order valence-corrected chi connectivity index (χ0v) is 18.9. The first-order valence-electron chi connectivity index (χ1n) is 9.17. The molecule has 0 aliphatic carbocycles. The monoisotopic (exact) mass is 490 g/mol. The molecule has 2 heterocycles. The molecule has 0 bridgehead atoms. The average Bonchev–Trinajstić information content (AvgIpc) is 3.19. The quantitative estimate of drug-likeness (QED) is 0.546. The lowest BCUT2D eigenvalue weighted by Crippen LogP contribution is -2.43. The van der Waals surface area contributed by atoms with Crippen LogP contribution in [0.3, 0.4) is 0 Å². The van der Waals surface area contributed by atoms with Crippen LogP contribution in [-0.2, 0) is 21.2 Å². The molecule has 32 heavy (non-hydrogen) atoms. The number of hydrogen-bond acceptors (Lipinski definition) is 6. The van der Waals surface area contributed by atoms with Crippen LogP contribution in [0.5, 0.6) is 0 Å². The van der Waals surface area contributed by atoms with Crippen LogP contribution in [0.25, 0.3) is 0 Å². The number of anilines is 2. The molecule has 0 fully saturated rings. The van der Waals surface area contributed by atoms with E-state index in [1.165, 1.54) is 24.6 Å². The van der Waals surface area contributed by atoms with Gasteiger partial charge < -0.3 is 5.11 Å². The van der Waals surface area contributed by atoms with Gasteiger partial charge in [0.05, 0.1) is 33.3 Å². The number of thiophene rings is 1. The van der Waals surface area contributed by atoms with Gasteiger partial charge in [-0.2, -0.15) is 0 Å². The molecule has 1 aliphatic heterocycles. The van der Waals surface area contributed by atoms with Crippen molar-refractivity contribution in [2.45, 2.75) is 11.3 Å².